The number of amides is 3. The largest absolute Gasteiger partial charge is 0.484 e. The molecule has 0 unspecified atom stereocenters. The molecular formula is C24H28ClN3O5. The topological polar surface area (TPSA) is 97.0 Å². The molecule has 1 saturated heterocycles. The first-order valence-corrected chi connectivity index (χ1v) is 11.1. The summed E-state index contributed by atoms with van der Waals surface area (Å²) in [7, 11) is 1.61. The number of rotatable bonds is 10. The van der Waals surface area contributed by atoms with Gasteiger partial charge in [0, 0.05) is 49.6 Å². The van der Waals surface area contributed by atoms with Crippen molar-refractivity contribution in [3.8, 4) is 5.75 Å². The lowest BCUT2D eigenvalue weighted by molar-refractivity contribution is -0.126. The molecule has 3 rings (SSSR count). The Kier molecular flexibility index (Phi) is 8.68. The Hall–Kier alpha value is -3.10. The van der Waals surface area contributed by atoms with E-state index in [1.807, 2.05) is 6.92 Å². The van der Waals surface area contributed by atoms with Crippen LogP contribution in [0.25, 0.3) is 0 Å². The predicted molar refractivity (Wildman–Crippen MR) is 127 cm³/mol. The molecule has 1 atom stereocenters. The molecule has 8 nitrogen and oxygen atoms in total. The third-order valence-corrected chi connectivity index (χ3v) is 5.79. The Labute approximate surface area is 198 Å². The first kappa shape index (κ1) is 24.5. The highest BCUT2D eigenvalue weighted by Crippen LogP contribution is 2.27. The lowest BCUT2D eigenvalue weighted by atomic mass is 10.1. The lowest BCUT2D eigenvalue weighted by Gasteiger charge is -2.17. The predicted octanol–water partition coefficient (Wildman–Crippen LogP) is 3.17. The SMILES string of the molecule is COCCCNC(=O)[C@H]1CC(=O)N(c2ccc(OCC(=O)Nc3cccc(Cl)c3C)cc2)C1. The number of nitrogens with zero attached hydrogens (tertiary/aromatic N) is 1. The second-order valence-electron chi connectivity index (χ2n) is 7.79. The molecule has 0 spiro atoms. The number of anilines is 2. The highest BCUT2D eigenvalue weighted by molar-refractivity contribution is 6.31. The van der Waals surface area contributed by atoms with E-state index >= 15 is 0 Å². The molecule has 33 heavy (non-hydrogen) atoms. The Bertz CT molecular complexity index is 996. The van der Waals surface area contributed by atoms with E-state index < -0.39 is 0 Å². The van der Waals surface area contributed by atoms with Gasteiger partial charge in [-0.15, -0.1) is 0 Å². The highest BCUT2D eigenvalue weighted by atomic mass is 35.5. The van der Waals surface area contributed by atoms with Crippen molar-refractivity contribution in [2.75, 3.05) is 43.6 Å². The second-order valence-corrected chi connectivity index (χ2v) is 8.19. The van der Waals surface area contributed by atoms with Crippen molar-refractivity contribution in [3.05, 3.63) is 53.1 Å². The molecule has 0 aromatic heterocycles. The summed E-state index contributed by atoms with van der Waals surface area (Å²) < 4.78 is 10.5. The van der Waals surface area contributed by atoms with E-state index in [1.165, 1.54) is 0 Å². The molecule has 9 heteroatoms. The number of benzene rings is 2. The van der Waals surface area contributed by atoms with Gasteiger partial charge in [0.05, 0.1) is 5.92 Å². The van der Waals surface area contributed by atoms with Crippen LogP contribution in [-0.4, -0.2) is 51.1 Å². The van der Waals surface area contributed by atoms with Crippen LogP contribution in [0.4, 0.5) is 11.4 Å². The molecular weight excluding hydrogens is 446 g/mol. The minimum Gasteiger partial charge on any atom is -0.484 e. The van der Waals surface area contributed by atoms with E-state index in [2.05, 4.69) is 10.6 Å². The van der Waals surface area contributed by atoms with Gasteiger partial charge >= 0.3 is 0 Å². The van der Waals surface area contributed by atoms with Gasteiger partial charge in [0.15, 0.2) is 6.61 Å². The van der Waals surface area contributed by atoms with Crippen LogP contribution in [0, 0.1) is 12.8 Å². The molecule has 1 heterocycles. The lowest BCUT2D eigenvalue weighted by Crippen LogP contribution is -2.33. The normalized spacial score (nSPS) is 15.4. The number of hydrogen-bond acceptors (Lipinski definition) is 5. The Morgan fingerprint density at radius 2 is 1.94 bits per heavy atom. The Morgan fingerprint density at radius 1 is 1.18 bits per heavy atom. The molecule has 0 aliphatic carbocycles. The number of ether oxygens (including phenoxy) is 2. The number of hydrogen-bond donors (Lipinski definition) is 2. The summed E-state index contributed by atoms with van der Waals surface area (Å²) in [4.78, 5) is 38.5. The zero-order valence-electron chi connectivity index (χ0n) is 18.7. The summed E-state index contributed by atoms with van der Waals surface area (Å²) in [5.41, 5.74) is 2.10. The van der Waals surface area contributed by atoms with Gasteiger partial charge < -0.3 is 25.0 Å². The molecule has 2 aromatic carbocycles. The third kappa shape index (κ3) is 6.69. The maximum Gasteiger partial charge on any atom is 0.262 e. The van der Waals surface area contributed by atoms with Crippen molar-refractivity contribution < 1.29 is 23.9 Å². The summed E-state index contributed by atoms with van der Waals surface area (Å²) in [6, 6.07) is 12.2. The smallest absolute Gasteiger partial charge is 0.262 e. The molecule has 2 aromatic rings. The molecule has 0 radical (unpaired) electrons. The van der Waals surface area contributed by atoms with Crippen LogP contribution in [0.3, 0.4) is 0 Å². The number of methoxy groups -OCH3 is 1. The molecule has 1 aliphatic heterocycles. The van der Waals surface area contributed by atoms with E-state index in [0.717, 1.165) is 12.0 Å². The van der Waals surface area contributed by atoms with Gasteiger partial charge in [-0.25, -0.2) is 0 Å². The molecule has 176 valence electrons. The van der Waals surface area contributed by atoms with E-state index in [0.29, 0.717) is 41.8 Å². The number of carbonyl (C=O) groups is 3. The third-order valence-electron chi connectivity index (χ3n) is 5.38. The maximum atomic E-state index is 12.4. The van der Waals surface area contributed by atoms with E-state index in [-0.39, 0.29) is 36.7 Å². The van der Waals surface area contributed by atoms with Crippen molar-refractivity contribution >= 4 is 40.7 Å². The van der Waals surface area contributed by atoms with Gasteiger partial charge in [-0.2, -0.15) is 0 Å². The van der Waals surface area contributed by atoms with Crippen LogP contribution in [0.5, 0.6) is 5.75 Å². The average molecular weight is 474 g/mol. The zero-order valence-corrected chi connectivity index (χ0v) is 19.5. The minimum absolute atomic E-state index is 0.100. The van der Waals surface area contributed by atoms with Gasteiger partial charge in [0.1, 0.15) is 5.75 Å². The highest BCUT2D eigenvalue weighted by Gasteiger charge is 2.34. The first-order chi connectivity index (χ1) is 15.9. The van der Waals surface area contributed by atoms with Crippen LogP contribution < -0.4 is 20.3 Å². The number of halogens is 1. The summed E-state index contributed by atoms with van der Waals surface area (Å²) in [5, 5.41) is 6.20. The van der Waals surface area contributed by atoms with Crippen LogP contribution in [-0.2, 0) is 19.1 Å². The van der Waals surface area contributed by atoms with Crippen LogP contribution in [0.15, 0.2) is 42.5 Å². The molecule has 2 N–H and O–H groups in total. The number of nitrogens with one attached hydrogen (secondary N) is 2. The average Bonchev–Trinajstić information content (AvgIpc) is 3.20. The van der Waals surface area contributed by atoms with Gasteiger partial charge in [0.25, 0.3) is 5.91 Å². The maximum absolute atomic E-state index is 12.4. The molecule has 0 bridgehead atoms. The van der Waals surface area contributed by atoms with Crippen molar-refractivity contribution in [1.29, 1.82) is 0 Å². The fourth-order valence-corrected chi connectivity index (χ4v) is 3.68. The van der Waals surface area contributed by atoms with E-state index in [1.54, 1.807) is 54.5 Å². The first-order valence-electron chi connectivity index (χ1n) is 10.7. The van der Waals surface area contributed by atoms with Crippen molar-refractivity contribution in [1.82, 2.24) is 5.32 Å². The monoisotopic (exact) mass is 473 g/mol. The fraction of sp³-hybridized carbons (Fsp3) is 0.375. The molecule has 1 fully saturated rings. The minimum atomic E-state index is -0.380. The van der Waals surface area contributed by atoms with Gasteiger partial charge in [-0.3, -0.25) is 14.4 Å². The Balaban J connectivity index is 1.49. The van der Waals surface area contributed by atoms with E-state index in [4.69, 9.17) is 21.1 Å². The second kappa shape index (κ2) is 11.7. The Morgan fingerprint density at radius 3 is 2.67 bits per heavy atom. The van der Waals surface area contributed by atoms with Crippen LogP contribution in [0.1, 0.15) is 18.4 Å². The van der Waals surface area contributed by atoms with Crippen molar-refractivity contribution in [2.45, 2.75) is 19.8 Å². The van der Waals surface area contributed by atoms with Gasteiger partial charge in [0.2, 0.25) is 11.8 Å². The summed E-state index contributed by atoms with van der Waals surface area (Å²) >= 11 is 6.07. The van der Waals surface area contributed by atoms with Crippen LogP contribution >= 0.6 is 11.6 Å². The summed E-state index contributed by atoms with van der Waals surface area (Å²) in [6.07, 6.45) is 0.905. The van der Waals surface area contributed by atoms with Gasteiger partial charge in [-0.05, 0) is 55.3 Å². The quantitative estimate of drug-likeness (QED) is 0.516. The van der Waals surface area contributed by atoms with Crippen molar-refractivity contribution in [2.24, 2.45) is 5.92 Å². The zero-order chi connectivity index (χ0) is 23.8. The van der Waals surface area contributed by atoms with Crippen LogP contribution in [0.2, 0.25) is 5.02 Å². The molecule has 1 aliphatic rings. The standard InChI is InChI=1S/C24H28ClN3O5/c1-16-20(25)5-3-6-21(16)27-22(29)15-33-19-9-7-18(8-10-19)28-14-17(13-23(28)30)24(31)26-11-4-12-32-2/h3,5-10,17H,4,11-15H2,1-2H3,(H,26,31)(H,27,29)/t17-/m0/s1. The fourth-order valence-electron chi connectivity index (χ4n) is 3.51. The molecule has 0 saturated carbocycles. The van der Waals surface area contributed by atoms with Gasteiger partial charge in [-0.1, -0.05) is 17.7 Å². The summed E-state index contributed by atoms with van der Waals surface area (Å²) in [6.45, 7) is 3.09. The number of carbonyl (C=O) groups excluding carboxylic acids is 3. The van der Waals surface area contributed by atoms with Crippen molar-refractivity contribution in [3.63, 3.8) is 0 Å². The molecule has 3 amide bonds. The van der Waals surface area contributed by atoms with E-state index in [9.17, 15) is 14.4 Å². The summed E-state index contributed by atoms with van der Waals surface area (Å²) in [5.74, 6) is -0.413.